The SMILES string of the molecule is O=S(=O)([O-])OCF.[Na+]. The predicted octanol–water partition coefficient (Wildman–Crippen LogP) is -3.61. The first-order chi connectivity index (χ1) is 3.06. The van der Waals surface area contributed by atoms with Gasteiger partial charge in [0.15, 0.2) is 0 Å². The van der Waals surface area contributed by atoms with Crippen LogP contribution in [0.3, 0.4) is 0 Å². The Morgan fingerprint density at radius 3 is 2.00 bits per heavy atom. The molecule has 0 fully saturated rings. The van der Waals surface area contributed by atoms with E-state index in [0.29, 0.717) is 0 Å². The number of halogens is 1. The molecule has 0 bridgehead atoms. The van der Waals surface area contributed by atoms with E-state index in [4.69, 9.17) is 0 Å². The van der Waals surface area contributed by atoms with Crippen LogP contribution in [-0.4, -0.2) is 19.8 Å². The van der Waals surface area contributed by atoms with Crippen LogP contribution in [0, 0.1) is 0 Å². The van der Waals surface area contributed by atoms with Crippen molar-refractivity contribution in [1.29, 1.82) is 0 Å². The predicted molar refractivity (Wildman–Crippen MR) is 16.8 cm³/mol. The van der Waals surface area contributed by atoms with Crippen molar-refractivity contribution in [2.45, 2.75) is 0 Å². The minimum absolute atomic E-state index is 0. The summed E-state index contributed by atoms with van der Waals surface area (Å²) >= 11 is 0. The van der Waals surface area contributed by atoms with E-state index >= 15 is 0 Å². The topological polar surface area (TPSA) is 66.4 Å². The molecular weight excluding hydrogens is 150 g/mol. The summed E-state index contributed by atoms with van der Waals surface area (Å²) < 4.78 is 41.3. The normalized spacial score (nSPS) is 10.2. The molecule has 0 aliphatic rings. The molecule has 0 spiro atoms. The molecule has 44 valence electrons. The van der Waals surface area contributed by atoms with Gasteiger partial charge in [0, 0.05) is 0 Å². The number of rotatable bonds is 2. The second kappa shape index (κ2) is 4.66. The molecular formula is CH2FNaO4S. The van der Waals surface area contributed by atoms with Gasteiger partial charge >= 0.3 is 29.6 Å². The van der Waals surface area contributed by atoms with Crippen molar-refractivity contribution in [1.82, 2.24) is 0 Å². The molecule has 0 atom stereocenters. The van der Waals surface area contributed by atoms with Gasteiger partial charge in [-0.2, -0.15) is 0 Å². The molecule has 0 rings (SSSR count). The smallest absolute Gasteiger partial charge is 0.725 e. The fourth-order valence-corrected chi connectivity index (χ4v) is 0.164. The van der Waals surface area contributed by atoms with E-state index in [0.717, 1.165) is 0 Å². The molecule has 0 aromatic carbocycles. The zero-order valence-corrected chi connectivity index (χ0v) is 6.94. The molecule has 0 aromatic heterocycles. The first-order valence-electron chi connectivity index (χ1n) is 1.22. The van der Waals surface area contributed by atoms with Gasteiger partial charge in [0.25, 0.3) is 0 Å². The van der Waals surface area contributed by atoms with E-state index in [1.807, 2.05) is 0 Å². The summed E-state index contributed by atoms with van der Waals surface area (Å²) in [5.41, 5.74) is 0. The van der Waals surface area contributed by atoms with Gasteiger partial charge < -0.3 is 4.55 Å². The quantitative estimate of drug-likeness (QED) is 0.233. The van der Waals surface area contributed by atoms with Crippen molar-refractivity contribution in [2.75, 3.05) is 6.86 Å². The number of hydrogen-bond donors (Lipinski definition) is 0. The monoisotopic (exact) mass is 152 g/mol. The largest absolute Gasteiger partial charge is 1.00 e. The maximum absolute atomic E-state index is 10.7. The molecule has 0 amide bonds. The summed E-state index contributed by atoms with van der Waals surface area (Å²) in [5.74, 6) is 0. The summed E-state index contributed by atoms with van der Waals surface area (Å²) in [5, 5.41) is 0. The van der Waals surface area contributed by atoms with Crippen LogP contribution in [-0.2, 0) is 14.6 Å². The van der Waals surface area contributed by atoms with Crippen LogP contribution in [0.25, 0.3) is 0 Å². The van der Waals surface area contributed by atoms with E-state index in [9.17, 15) is 17.4 Å². The Morgan fingerprint density at radius 1 is 1.62 bits per heavy atom. The molecule has 0 N–H and O–H groups in total. The summed E-state index contributed by atoms with van der Waals surface area (Å²) in [4.78, 5) is 0. The molecule has 4 nitrogen and oxygen atoms in total. The van der Waals surface area contributed by atoms with Gasteiger partial charge in [-0.15, -0.1) is 0 Å². The van der Waals surface area contributed by atoms with Crippen molar-refractivity contribution in [3.63, 3.8) is 0 Å². The minimum atomic E-state index is -4.80. The Hall–Kier alpha value is 0.800. The third kappa shape index (κ3) is 9.93. The standard InChI is InChI=1S/CH3FO4S.Na/c2-1-6-7(3,4)5;/h1H2,(H,3,4,5);/q;+1/p-1. The fraction of sp³-hybridized carbons (Fsp3) is 1.00. The van der Waals surface area contributed by atoms with Crippen molar-refractivity contribution in [2.24, 2.45) is 0 Å². The Kier molecular flexibility index (Phi) is 6.74. The molecule has 7 heteroatoms. The van der Waals surface area contributed by atoms with Crippen molar-refractivity contribution in [3.8, 4) is 0 Å². The van der Waals surface area contributed by atoms with Gasteiger partial charge in [0.2, 0.25) is 17.3 Å². The van der Waals surface area contributed by atoms with Crippen LogP contribution in [0.2, 0.25) is 0 Å². The maximum atomic E-state index is 10.7. The first-order valence-corrected chi connectivity index (χ1v) is 2.56. The van der Waals surface area contributed by atoms with Crippen LogP contribution >= 0.6 is 0 Å². The van der Waals surface area contributed by atoms with Crippen LogP contribution in [0.15, 0.2) is 0 Å². The van der Waals surface area contributed by atoms with E-state index in [2.05, 4.69) is 4.18 Å². The Balaban J connectivity index is 0. The molecule has 0 aliphatic carbocycles. The molecule has 0 aromatic rings. The van der Waals surface area contributed by atoms with Crippen LogP contribution in [0.1, 0.15) is 0 Å². The van der Waals surface area contributed by atoms with Crippen molar-refractivity contribution >= 4 is 10.4 Å². The van der Waals surface area contributed by atoms with Gasteiger partial charge in [0.1, 0.15) is 0 Å². The molecule has 0 saturated carbocycles. The molecule has 0 heterocycles. The zero-order valence-electron chi connectivity index (χ0n) is 4.13. The average molecular weight is 152 g/mol. The molecule has 0 radical (unpaired) electrons. The van der Waals surface area contributed by atoms with Crippen LogP contribution < -0.4 is 29.6 Å². The van der Waals surface area contributed by atoms with Gasteiger partial charge in [-0.25, -0.2) is 17.0 Å². The Labute approximate surface area is 68.3 Å². The molecule has 0 unspecified atom stereocenters. The molecule has 8 heavy (non-hydrogen) atoms. The van der Waals surface area contributed by atoms with Crippen molar-refractivity contribution < 1.29 is 51.1 Å². The first kappa shape index (κ1) is 11.6. The average Bonchev–Trinajstić information content (AvgIpc) is 1.30. The third-order valence-corrected chi connectivity index (χ3v) is 0.567. The summed E-state index contributed by atoms with van der Waals surface area (Å²) in [6.45, 7) is -1.59. The number of alkyl halides is 1. The van der Waals surface area contributed by atoms with Crippen LogP contribution in [0.5, 0.6) is 0 Å². The van der Waals surface area contributed by atoms with E-state index in [1.54, 1.807) is 0 Å². The van der Waals surface area contributed by atoms with E-state index < -0.39 is 17.3 Å². The minimum Gasteiger partial charge on any atom is -0.725 e. The zero-order chi connectivity index (χ0) is 5.91. The molecule has 0 aliphatic heterocycles. The second-order valence-electron chi connectivity index (χ2n) is 0.635. The van der Waals surface area contributed by atoms with E-state index in [-0.39, 0.29) is 29.6 Å². The second-order valence-corrected chi connectivity index (χ2v) is 1.69. The Morgan fingerprint density at radius 2 is 2.00 bits per heavy atom. The summed E-state index contributed by atoms with van der Waals surface area (Å²) in [6, 6.07) is 0. The number of hydrogen-bond acceptors (Lipinski definition) is 4. The van der Waals surface area contributed by atoms with Gasteiger partial charge in [-0.1, -0.05) is 0 Å². The van der Waals surface area contributed by atoms with Crippen molar-refractivity contribution in [3.05, 3.63) is 0 Å². The van der Waals surface area contributed by atoms with E-state index in [1.165, 1.54) is 0 Å². The summed E-state index contributed by atoms with van der Waals surface area (Å²) in [7, 11) is -4.80. The van der Waals surface area contributed by atoms with Gasteiger partial charge in [0.05, 0.1) is 0 Å². The van der Waals surface area contributed by atoms with Gasteiger partial charge in [-0.05, 0) is 0 Å². The maximum Gasteiger partial charge on any atom is 1.00 e. The van der Waals surface area contributed by atoms with Gasteiger partial charge in [-0.3, -0.25) is 0 Å². The molecule has 0 saturated heterocycles. The fourth-order valence-electron chi connectivity index (χ4n) is 0.0546. The van der Waals surface area contributed by atoms with Crippen LogP contribution in [0.4, 0.5) is 4.39 Å². The third-order valence-electron chi connectivity index (χ3n) is 0.189. The Bertz CT molecular complexity index is 129. The summed E-state index contributed by atoms with van der Waals surface area (Å²) in [6.07, 6.45) is 0.